The average Bonchev–Trinajstić information content (AvgIpc) is 2.37. The Morgan fingerprint density at radius 2 is 1.94 bits per heavy atom. The quantitative estimate of drug-likeness (QED) is 0.876. The van der Waals surface area contributed by atoms with E-state index in [0.717, 1.165) is 0 Å². The highest BCUT2D eigenvalue weighted by atomic mass is 16.5. The van der Waals surface area contributed by atoms with Crippen LogP contribution in [-0.2, 0) is 0 Å². The molecule has 2 atom stereocenters. The Kier molecular flexibility index (Phi) is 3.84. The topological polar surface area (TPSA) is 77.2 Å². The number of aromatic nitrogens is 3. The molecule has 0 bridgehead atoms. The summed E-state index contributed by atoms with van der Waals surface area (Å²) in [6.45, 7) is 2.28. The third kappa shape index (κ3) is 2.63. The summed E-state index contributed by atoms with van der Waals surface area (Å²) in [4.78, 5) is 14.5. The summed E-state index contributed by atoms with van der Waals surface area (Å²) in [6.07, 6.45) is 5.00. The summed E-state index contributed by atoms with van der Waals surface area (Å²) in [7, 11) is 3.54. The Bertz CT molecular complexity index is 411. The summed E-state index contributed by atoms with van der Waals surface area (Å²) in [6, 6.07) is 0.734. The molecule has 1 aliphatic rings. The van der Waals surface area contributed by atoms with Gasteiger partial charge in [0.1, 0.15) is 0 Å². The summed E-state index contributed by atoms with van der Waals surface area (Å²) in [5.41, 5.74) is 5.67. The Labute approximate surface area is 108 Å². The Morgan fingerprint density at radius 3 is 2.61 bits per heavy atom. The maximum absolute atomic E-state index is 5.67. The number of nitrogens with zero attached hydrogens (tertiary/aromatic N) is 4. The highest BCUT2D eigenvalue weighted by molar-refractivity contribution is 5.36. The van der Waals surface area contributed by atoms with E-state index in [4.69, 9.17) is 10.5 Å². The minimum absolute atomic E-state index is 0.201. The number of hydrogen-bond acceptors (Lipinski definition) is 6. The van der Waals surface area contributed by atoms with E-state index >= 15 is 0 Å². The lowest BCUT2D eigenvalue weighted by atomic mass is 9.85. The van der Waals surface area contributed by atoms with E-state index in [1.165, 1.54) is 32.8 Å². The number of methoxy groups -OCH3 is 1. The molecule has 0 aromatic carbocycles. The molecule has 2 unspecified atom stereocenters. The second-order valence-electron chi connectivity index (χ2n) is 4.92. The largest absolute Gasteiger partial charge is 0.467 e. The van der Waals surface area contributed by atoms with Gasteiger partial charge in [0.15, 0.2) is 0 Å². The monoisotopic (exact) mass is 251 g/mol. The van der Waals surface area contributed by atoms with Crippen molar-refractivity contribution in [3.05, 3.63) is 0 Å². The van der Waals surface area contributed by atoms with Crippen LogP contribution in [0.1, 0.15) is 32.6 Å². The number of hydrogen-bond donors (Lipinski definition) is 1. The molecule has 1 fully saturated rings. The first-order chi connectivity index (χ1) is 8.61. The van der Waals surface area contributed by atoms with Gasteiger partial charge in [-0.2, -0.15) is 15.0 Å². The molecule has 2 N–H and O–H groups in total. The van der Waals surface area contributed by atoms with E-state index in [-0.39, 0.29) is 12.0 Å². The van der Waals surface area contributed by atoms with E-state index in [9.17, 15) is 0 Å². The zero-order chi connectivity index (χ0) is 13.1. The van der Waals surface area contributed by atoms with E-state index in [2.05, 4.69) is 26.8 Å². The van der Waals surface area contributed by atoms with Crippen LogP contribution in [0.25, 0.3) is 0 Å². The maximum Gasteiger partial charge on any atom is 0.322 e. The van der Waals surface area contributed by atoms with Crippen LogP contribution in [0.15, 0.2) is 0 Å². The SMILES string of the molecule is COc1nc(N)nc(N(C)C2CCCCC2C)n1. The standard InChI is InChI=1S/C12H21N5O/c1-8-6-4-5-7-9(8)17(2)11-14-10(13)15-12(16-11)18-3/h8-9H,4-7H2,1-3H3,(H2,13,14,15,16). The number of anilines is 2. The van der Waals surface area contributed by atoms with Gasteiger partial charge in [0.25, 0.3) is 0 Å². The maximum atomic E-state index is 5.67. The number of nitrogens with two attached hydrogens (primary N) is 1. The van der Waals surface area contributed by atoms with Crippen LogP contribution < -0.4 is 15.4 Å². The van der Waals surface area contributed by atoms with Crippen molar-refractivity contribution in [1.82, 2.24) is 15.0 Å². The predicted octanol–water partition coefficient (Wildman–Crippen LogP) is 1.48. The molecule has 2 rings (SSSR count). The molecule has 18 heavy (non-hydrogen) atoms. The molecule has 0 spiro atoms. The van der Waals surface area contributed by atoms with Gasteiger partial charge in [-0.3, -0.25) is 0 Å². The first kappa shape index (κ1) is 12.9. The molecular formula is C12H21N5O. The smallest absolute Gasteiger partial charge is 0.322 e. The summed E-state index contributed by atoms with van der Waals surface area (Å²) in [5.74, 6) is 1.44. The molecular weight excluding hydrogens is 230 g/mol. The van der Waals surface area contributed by atoms with Gasteiger partial charge < -0.3 is 15.4 Å². The average molecular weight is 251 g/mol. The summed E-state index contributed by atoms with van der Waals surface area (Å²) < 4.78 is 5.03. The highest BCUT2D eigenvalue weighted by Gasteiger charge is 2.27. The van der Waals surface area contributed by atoms with Crippen molar-refractivity contribution < 1.29 is 4.74 Å². The van der Waals surface area contributed by atoms with E-state index in [1.807, 2.05) is 7.05 Å². The minimum Gasteiger partial charge on any atom is -0.467 e. The van der Waals surface area contributed by atoms with Crippen LogP contribution in [0.4, 0.5) is 11.9 Å². The number of ether oxygens (including phenoxy) is 1. The molecule has 1 heterocycles. The molecule has 6 heteroatoms. The summed E-state index contributed by atoms with van der Waals surface area (Å²) >= 11 is 0. The lowest BCUT2D eigenvalue weighted by molar-refractivity contribution is 0.317. The number of nitrogen functional groups attached to an aromatic ring is 1. The van der Waals surface area contributed by atoms with Gasteiger partial charge >= 0.3 is 6.01 Å². The van der Waals surface area contributed by atoms with Crippen molar-refractivity contribution in [2.75, 3.05) is 24.8 Å². The summed E-state index contributed by atoms with van der Waals surface area (Å²) in [5, 5.41) is 0. The lowest BCUT2D eigenvalue weighted by Crippen LogP contribution is -2.40. The second-order valence-corrected chi connectivity index (χ2v) is 4.92. The molecule has 1 aromatic rings. The molecule has 0 saturated heterocycles. The lowest BCUT2D eigenvalue weighted by Gasteiger charge is -2.36. The van der Waals surface area contributed by atoms with E-state index < -0.39 is 0 Å². The van der Waals surface area contributed by atoms with Crippen molar-refractivity contribution >= 4 is 11.9 Å². The minimum atomic E-state index is 0.201. The predicted molar refractivity (Wildman–Crippen MR) is 70.6 cm³/mol. The van der Waals surface area contributed by atoms with Gasteiger partial charge in [-0.15, -0.1) is 0 Å². The Balaban J connectivity index is 2.21. The molecule has 0 amide bonds. The van der Waals surface area contributed by atoms with Crippen LogP contribution in [0, 0.1) is 5.92 Å². The Hall–Kier alpha value is -1.59. The van der Waals surface area contributed by atoms with E-state index in [0.29, 0.717) is 17.9 Å². The fraction of sp³-hybridized carbons (Fsp3) is 0.750. The zero-order valence-corrected chi connectivity index (χ0v) is 11.3. The van der Waals surface area contributed by atoms with Gasteiger partial charge in [0.05, 0.1) is 7.11 Å². The third-order valence-electron chi connectivity index (χ3n) is 3.68. The second kappa shape index (κ2) is 5.37. The van der Waals surface area contributed by atoms with Crippen LogP contribution in [0.3, 0.4) is 0 Å². The highest BCUT2D eigenvalue weighted by Crippen LogP contribution is 2.29. The van der Waals surface area contributed by atoms with Crippen LogP contribution >= 0.6 is 0 Å². The fourth-order valence-electron chi connectivity index (χ4n) is 2.63. The van der Waals surface area contributed by atoms with Gasteiger partial charge in [0, 0.05) is 13.1 Å². The molecule has 0 radical (unpaired) electrons. The molecule has 6 nitrogen and oxygen atoms in total. The van der Waals surface area contributed by atoms with Gasteiger partial charge in [-0.05, 0) is 18.8 Å². The van der Waals surface area contributed by atoms with Gasteiger partial charge in [-0.1, -0.05) is 19.8 Å². The normalized spacial score (nSPS) is 23.7. The fourth-order valence-corrected chi connectivity index (χ4v) is 2.63. The van der Waals surface area contributed by atoms with E-state index in [1.54, 1.807) is 0 Å². The first-order valence-corrected chi connectivity index (χ1v) is 6.40. The van der Waals surface area contributed by atoms with Gasteiger partial charge in [-0.25, -0.2) is 0 Å². The number of rotatable bonds is 3. The third-order valence-corrected chi connectivity index (χ3v) is 3.68. The van der Waals surface area contributed by atoms with Crippen molar-refractivity contribution in [3.8, 4) is 6.01 Å². The van der Waals surface area contributed by atoms with Crippen molar-refractivity contribution in [2.45, 2.75) is 38.6 Å². The molecule has 1 saturated carbocycles. The molecule has 1 aromatic heterocycles. The Morgan fingerprint density at radius 1 is 1.22 bits per heavy atom. The zero-order valence-electron chi connectivity index (χ0n) is 11.3. The van der Waals surface area contributed by atoms with Crippen molar-refractivity contribution in [2.24, 2.45) is 5.92 Å². The molecule has 100 valence electrons. The first-order valence-electron chi connectivity index (χ1n) is 6.40. The van der Waals surface area contributed by atoms with Gasteiger partial charge in [0.2, 0.25) is 11.9 Å². The van der Waals surface area contributed by atoms with Crippen molar-refractivity contribution in [3.63, 3.8) is 0 Å². The van der Waals surface area contributed by atoms with Crippen LogP contribution in [0.2, 0.25) is 0 Å². The van der Waals surface area contributed by atoms with Crippen LogP contribution in [-0.4, -0.2) is 35.2 Å². The van der Waals surface area contributed by atoms with Crippen LogP contribution in [0.5, 0.6) is 6.01 Å². The molecule has 1 aliphatic carbocycles. The molecule has 0 aliphatic heterocycles. The van der Waals surface area contributed by atoms with Crippen molar-refractivity contribution in [1.29, 1.82) is 0 Å².